The summed E-state index contributed by atoms with van der Waals surface area (Å²) in [6.07, 6.45) is 1.87. The molecule has 0 radical (unpaired) electrons. The Balaban J connectivity index is 0. The molecular formula is C12H24N2. The quantitative estimate of drug-likeness (QED) is 0.739. The average molecular weight is 196 g/mol. The molecule has 0 saturated heterocycles. The summed E-state index contributed by atoms with van der Waals surface area (Å²) in [4.78, 5) is 4.19. The molecule has 1 aromatic rings. The van der Waals surface area contributed by atoms with Gasteiger partial charge >= 0.3 is 0 Å². The first-order chi connectivity index (χ1) is 6.74. The van der Waals surface area contributed by atoms with Crippen molar-refractivity contribution in [1.82, 2.24) is 4.98 Å². The lowest BCUT2D eigenvalue weighted by Crippen LogP contribution is -1.94. The second-order valence-corrected chi connectivity index (χ2v) is 2.40. The molecule has 1 aromatic heterocycles. The molecule has 0 saturated carbocycles. The summed E-state index contributed by atoms with van der Waals surface area (Å²) in [6.45, 7) is 12.0. The number of nitrogens with one attached hydrogen (secondary N) is 1. The molecule has 14 heavy (non-hydrogen) atoms. The van der Waals surface area contributed by atoms with E-state index in [1.54, 1.807) is 0 Å². The van der Waals surface area contributed by atoms with Gasteiger partial charge in [0.1, 0.15) is 0 Å². The minimum Gasteiger partial charge on any atom is -0.387 e. The van der Waals surface area contributed by atoms with Crippen LogP contribution in [0.3, 0.4) is 0 Å². The van der Waals surface area contributed by atoms with Crippen molar-refractivity contribution in [2.75, 3.05) is 12.4 Å². The molecule has 1 rings (SSSR count). The fraction of sp³-hybridized carbons (Fsp3) is 0.583. The second-order valence-electron chi connectivity index (χ2n) is 2.40. The number of aromatic nitrogens is 1. The summed E-state index contributed by atoms with van der Waals surface area (Å²) in [5.41, 5.74) is 3.35. The topological polar surface area (TPSA) is 24.9 Å². The third-order valence-electron chi connectivity index (χ3n) is 1.49. The molecule has 0 aromatic carbocycles. The molecule has 2 nitrogen and oxygen atoms in total. The third kappa shape index (κ3) is 5.57. The Morgan fingerprint density at radius 3 is 1.93 bits per heavy atom. The molecule has 0 spiro atoms. The maximum Gasteiger partial charge on any atom is 0.0603 e. The van der Waals surface area contributed by atoms with Gasteiger partial charge in [-0.2, -0.15) is 0 Å². The smallest absolute Gasteiger partial charge is 0.0603 e. The van der Waals surface area contributed by atoms with Crippen LogP contribution in [0.25, 0.3) is 0 Å². The SMILES string of the molecule is CC.CC.CNc1cc(C)cnc1C. The number of rotatable bonds is 1. The highest BCUT2D eigenvalue weighted by atomic mass is 14.9. The van der Waals surface area contributed by atoms with Crippen LogP contribution in [0.5, 0.6) is 0 Å². The van der Waals surface area contributed by atoms with E-state index in [1.807, 2.05) is 54.8 Å². The molecule has 0 aliphatic heterocycles. The van der Waals surface area contributed by atoms with Crippen LogP contribution in [0.4, 0.5) is 5.69 Å². The van der Waals surface area contributed by atoms with Gasteiger partial charge in [-0.05, 0) is 25.5 Å². The van der Waals surface area contributed by atoms with Gasteiger partial charge in [0.25, 0.3) is 0 Å². The van der Waals surface area contributed by atoms with Crippen LogP contribution in [-0.4, -0.2) is 12.0 Å². The first-order valence-corrected chi connectivity index (χ1v) is 5.35. The fourth-order valence-corrected chi connectivity index (χ4v) is 0.891. The third-order valence-corrected chi connectivity index (χ3v) is 1.49. The van der Waals surface area contributed by atoms with Crippen molar-refractivity contribution in [1.29, 1.82) is 0 Å². The lowest BCUT2D eigenvalue weighted by Gasteiger charge is -2.03. The van der Waals surface area contributed by atoms with E-state index in [1.165, 1.54) is 5.56 Å². The van der Waals surface area contributed by atoms with Crippen molar-refractivity contribution >= 4 is 5.69 Å². The number of hydrogen-bond acceptors (Lipinski definition) is 2. The van der Waals surface area contributed by atoms with Gasteiger partial charge in [0.2, 0.25) is 0 Å². The Morgan fingerprint density at radius 2 is 1.57 bits per heavy atom. The molecule has 0 unspecified atom stereocenters. The molecule has 0 atom stereocenters. The Kier molecular flexibility index (Phi) is 11.1. The van der Waals surface area contributed by atoms with Gasteiger partial charge < -0.3 is 5.32 Å². The van der Waals surface area contributed by atoms with Gasteiger partial charge in [0, 0.05) is 13.2 Å². The fourth-order valence-electron chi connectivity index (χ4n) is 0.891. The predicted molar refractivity (Wildman–Crippen MR) is 66.0 cm³/mol. The van der Waals surface area contributed by atoms with Crippen molar-refractivity contribution in [2.45, 2.75) is 41.5 Å². The van der Waals surface area contributed by atoms with E-state index in [0.29, 0.717) is 0 Å². The predicted octanol–water partition coefficient (Wildman–Crippen LogP) is 3.79. The largest absolute Gasteiger partial charge is 0.387 e. The zero-order valence-electron chi connectivity index (χ0n) is 10.6. The standard InChI is InChI=1S/C8H12N2.2C2H6/c1-6-4-8(9-3)7(2)10-5-6;2*1-2/h4-5,9H,1-3H3;2*1-2H3. The molecular weight excluding hydrogens is 172 g/mol. The molecule has 1 N–H and O–H groups in total. The summed E-state index contributed by atoms with van der Waals surface area (Å²) in [5.74, 6) is 0. The van der Waals surface area contributed by atoms with Crippen molar-refractivity contribution in [3.8, 4) is 0 Å². The Hall–Kier alpha value is -1.05. The van der Waals surface area contributed by atoms with Crippen molar-refractivity contribution in [2.24, 2.45) is 0 Å². The van der Waals surface area contributed by atoms with Gasteiger partial charge in [0.15, 0.2) is 0 Å². The maximum absolute atomic E-state index is 4.19. The Morgan fingerprint density at radius 1 is 1.07 bits per heavy atom. The maximum atomic E-state index is 4.19. The summed E-state index contributed by atoms with van der Waals surface area (Å²) in [5, 5.41) is 3.07. The summed E-state index contributed by atoms with van der Waals surface area (Å²) in [6, 6.07) is 2.09. The summed E-state index contributed by atoms with van der Waals surface area (Å²) >= 11 is 0. The van der Waals surface area contributed by atoms with Crippen molar-refractivity contribution in [3.63, 3.8) is 0 Å². The first kappa shape index (κ1) is 15.4. The molecule has 0 amide bonds. The first-order valence-electron chi connectivity index (χ1n) is 5.35. The molecule has 2 heteroatoms. The molecule has 0 aliphatic carbocycles. The van der Waals surface area contributed by atoms with Crippen LogP contribution in [0.2, 0.25) is 0 Å². The van der Waals surface area contributed by atoms with E-state index < -0.39 is 0 Å². The number of nitrogens with zero attached hydrogens (tertiary/aromatic N) is 1. The zero-order valence-corrected chi connectivity index (χ0v) is 10.6. The second kappa shape index (κ2) is 10.0. The summed E-state index contributed by atoms with van der Waals surface area (Å²) < 4.78 is 0. The average Bonchev–Trinajstić information content (AvgIpc) is 2.27. The van der Waals surface area contributed by atoms with Gasteiger partial charge in [-0.1, -0.05) is 27.7 Å². The van der Waals surface area contributed by atoms with E-state index >= 15 is 0 Å². The molecule has 1 heterocycles. The number of aryl methyl sites for hydroxylation is 2. The highest BCUT2D eigenvalue weighted by Gasteiger charge is 1.94. The van der Waals surface area contributed by atoms with Crippen molar-refractivity contribution in [3.05, 3.63) is 23.5 Å². The van der Waals surface area contributed by atoms with Crippen LogP contribution in [0, 0.1) is 13.8 Å². The molecule has 82 valence electrons. The number of hydrogen-bond donors (Lipinski definition) is 1. The molecule has 0 fully saturated rings. The minimum atomic E-state index is 1.05. The van der Waals surface area contributed by atoms with E-state index in [0.717, 1.165) is 11.4 Å². The minimum absolute atomic E-state index is 1.05. The van der Waals surface area contributed by atoms with Gasteiger partial charge in [-0.25, -0.2) is 0 Å². The van der Waals surface area contributed by atoms with Gasteiger partial charge in [0.05, 0.1) is 11.4 Å². The lowest BCUT2D eigenvalue weighted by molar-refractivity contribution is 1.16. The van der Waals surface area contributed by atoms with E-state index in [4.69, 9.17) is 0 Å². The normalized spacial score (nSPS) is 7.64. The van der Waals surface area contributed by atoms with E-state index in [9.17, 15) is 0 Å². The van der Waals surface area contributed by atoms with E-state index in [2.05, 4.69) is 16.4 Å². The number of pyridine rings is 1. The molecule has 0 bridgehead atoms. The van der Waals surface area contributed by atoms with Crippen LogP contribution < -0.4 is 5.32 Å². The van der Waals surface area contributed by atoms with E-state index in [-0.39, 0.29) is 0 Å². The highest BCUT2D eigenvalue weighted by Crippen LogP contribution is 2.11. The van der Waals surface area contributed by atoms with Crippen LogP contribution >= 0.6 is 0 Å². The lowest BCUT2D eigenvalue weighted by atomic mass is 10.2. The van der Waals surface area contributed by atoms with Gasteiger partial charge in [-0.3, -0.25) is 4.98 Å². The van der Waals surface area contributed by atoms with Gasteiger partial charge in [-0.15, -0.1) is 0 Å². The van der Waals surface area contributed by atoms with Crippen LogP contribution in [-0.2, 0) is 0 Å². The number of anilines is 1. The molecule has 0 aliphatic rings. The Bertz CT molecular complexity index is 232. The summed E-state index contributed by atoms with van der Waals surface area (Å²) in [7, 11) is 1.91. The van der Waals surface area contributed by atoms with Crippen LogP contribution in [0.1, 0.15) is 39.0 Å². The van der Waals surface area contributed by atoms with Crippen molar-refractivity contribution < 1.29 is 0 Å². The van der Waals surface area contributed by atoms with Crippen LogP contribution in [0.15, 0.2) is 12.3 Å². The zero-order chi connectivity index (χ0) is 11.6. The monoisotopic (exact) mass is 196 g/mol. The Labute approximate surface area is 88.8 Å². The highest BCUT2D eigenvalue weighted by molar-refractivity contribution is 5.47.